The molecular formula is C11H13BrClNOS. The van der Waals surface area contributed by atoms with Crippen molar-refractivity contribution in [1.29, 1.82) is 0 Å². The first-order valence-electron chi connectivity index (χ1n) is 4.63. The first kappa shape index (κ1) is 13.9. The summed E-state index contributed by atoms with van der Waals surface area (Å²) in [5.74, 6) is 0. The van der Waals surface area contributed by atoms with Crippen LogP contribution in [0.3, 0.4) is 0 Å². The van der Waals surface area contributed by atoms with E-state index in [1.165, 1.54) is 0 Å². The molecule has 1 aromatic carbocycles. The summed E-state index contributed by atoms with van der Waals surface area (Å²) < 4.78 is 11.6. The standard InChI is InChI=1S/C11H13BrClNOS/c1-11(2,16(14)15)6-5-8-3-4-9(12)7-10(8)13/h3-7H,14H2,1-2H3. The average molecular weight is 323 g/mol. The maximum absolute atomic E-state index is 11.2. The molecule has 1 unspecified atom stereocenters. The van der Waals surface area contributed by atoms with Gasteiger partial charge in [0.1, 0.15) is 0 Å². The van der Waals surface area contributed by atoms with Gasteiger partial charge in [0, 0.05) is 9.50 Å². The van der Waals surface area contributed by atoms with Crippen molar-refractivity contribution in [1.82, 2.24) is 0 Å². The summed E-state index contributed by atoms with van der Waals surface area (Å²) in [5, 5.41) is 6.02. The van der Waals surface area contributed by atoms with Crippen LogP contribution in [0.1, 0.15) is 19.4 Å². The monoisotopic (exact) mass is 321 g/mol. The van der Waals surface area contributed by atoms with Crippen LogP contribution >= 0.6 is 27.5 Å². The van der Waals surface area contributed by atoms with E-state index in [2.05, 4.69) is 15.9 Å². The molecule has 0 fully saturated rings. The van der Waals surface area contributed by atoms with Crippen LogP contribution in [0.15, 0.2) is 28.7 Å². The summed E-state index contributed by atoms with van der Waals surface area (Å²) in [6.45, 7) is 3.62. The highest BCUT2D eigenvalue weighted by Gasteiger charge is 2.19. The van der Waals surface area contributed by atoms with Crippen LogP contribution in [0.25, 0.3) is 6.08 Å². The Bertz CT molecular complexity index is 446. The number of benzene rings is 1. The fraction of sp³-hybridized carbons (Fsp3) is 0.273. The second-order valence-electron chi connectivity index (χ2n) is 3.90. The van der Waals surface area contributed by atoms with E-state index in [4.69, 9.17) is 16.7 Å². The van der Waals surface area contributed by atoms with Crippen molar-refractivity contribution >= 4 is 44.6 Å². The Kier molecular flexibility index (Phi) is 4.73. The number of nitrogens with two attached hydrogens (primary N) is 1. The summed E-state index contributed by atoms with van der Waals surface area (Å²) in [7, 11) is -1.40. The molecular weight excluding hydrogens is 310 g/mol. The highest BCUT2D eigenvalue weighted by atomic mass is 79.9. The molecule has 2 nitrogen and oxygen atoms in total. The number of hydrogen-bond acceptors (Lipinski definition) is 1. The average Bonchev–Trinajstić information content (AvgIpc) is 2.16. The Balaban J connectivity index is 2.97. The van der Waals surface area contributed by atoms with E-state index in [0.29, 0.717) is 5.02 Å². The van der Waals surface area contributed by atoms with E-state index < -0.39 is 15.7 Å². The number of rotatable bonds is 3. The predicted molar refractivity (Wildman–Crippen MR) is 74.6 cm³/mol. The van der Waals surface area contributed by atoms with Gasteiger partial charge in [0.2, 0.25) is 0 Å². The van der Waals surface area contributed by atoms with Crippen molar-refractivity contribution in [2.75, 3.05) is 0 Å². The molecule has 1 atom stereocenters. The highest BCUT2D eigenvalue weighted by Crippen LogP contribution is 2.23. The molecule has 0 spiro atoms. The smallest absolute Gasteiger partial charge is 0.0984 e. The van der Waals surface area contributed by atoms with Gasteiger partial charge in [-0.3, -0.25) is 5.14 Å². The molecule has 16 heavy (non-hydrogen) atoms. The quantitative estimate of drug-likeness (QED) is 0.909. The van der Waals surface area contributed by atoms with Crippen molar-refractivity contribution in [3.8, 4) is 0 Å². The van der Waals surface area contributed by atoms with Crippen LogP contribution in [-0.4, -0.2) is 8.96 Å². The fourth-order valence-corrected chi connectivity index (χ4v) is 1.93. The minimum Gasteiger partial charge on any atom is -0.251 e. The van der Waals surface area contributed by atoms with Gasteiger partial charge in [-0.05, 0) is 31.5 Å². The molecule has 0 bridgehead atoms. The molecule has 0 saturated carbocycles. The Morgan fingerprint density at radius 3 is 2.62 bits per heavy atom. The van der Waals surface area contributed by atoms with Gasteiger partial charge in [0.05, 0.1) is 15.7 Å². The molecule has 0 heterocycles. The zero-order valence-electron chi connectivity index (χ0n) is 9.04. The Morgan fingerprint density at radius 2 is 2.12 bits per heavy atom. The van der Waals surface area contributed by atoms with E-state index in [1.807, 2.05) is 38.1 Å². The largest absolute Gasteiger partial charge is 0.251 e. The summed E-state index contributed by atoms with van der Waals surface area (Å²) in [4.78, 5) is 0. The van der Waals surface area contributed by atoms with E-state index in [-0.39, 0.29) is 0 Å². The van der Waals surface area contributed by atoms with Crippen molar-refractivity contribution in [2.45, 2.75) is 18.6 Å². The lowest BCUT2D eigenvalue weighted by Crippen LogP contribution is -2.29. The van der Waals surface area contributed by atoms with Crippen LogP contribution < -0.4 is 5.14 Å². The van der Waals surface area contributed by atoms with E-state index >= 15 is 0 Å². The number of hydrogen-bond donors (Lipinski definition) is 1. The first-order chi connectivity index (χ1) is 7.33. The zero-order valence-corrected chi connectivity index (χ0v) is 12.2. The lowest BCUT2D eigenvalue weighted by molar-refractivity contribution is 0.665. The van der Waals surface area contributed by atoms with Crippen LogP contribution in [0.5, 0.6) is 0 Å². The lowest BCUT2D eigenvalue weighted by atomic mass is 10.1. The maximum Gasteiger partial charge on any atom is 0.0984 e. The predicted octanol–water partition coefficient (Wildman–Crippen LogP) is 3.52. The van der Waals surface area contributed by atoms with Gasteiger partial charge in [-0.1, -0.05) is 45.7 Å². The van der Waals surface area contributed by atoms with Gasteiger partial charge < -0.3 is 0 Å². The fourth-order valence-electron chi connectivity index (χ4n) is 0.994. The number of halogens is 2. The van der Waals surface area contributed by atoms with Gasteiger partial charge in [-0.25, -0.2) is 4.21 Å². The molecule has 0 aliphatic heterocycles. The van der Waals surface area contributed by atoms with Crippen LogP contribution in [0.4, 0.5) is 0 Å². The topological polar surface area (TPSA) is 43.1 Å². The molecule has 0 saturated heterocycles. The molecule has 1 rings (SSSR count). The molecule has 2 N–H and O–H groups in total. The SMILES string of the molecule is CC(C)(C=Cc1ccc(Br)cc1Cl)S(N)=O. The Labute approximate surface area is 112 Å². The Morgan fingerprint density at radius 1 is 1.50 bits per heavy atom. The van der Waals surface area contributed by atoms with E-state index in [0.717, 1.165) is 10.0 Å². The summed E-state index contributed by atoms with van der Waals surface area (Å²) >= 11 is 9.38. The summed E-state index contributed by atoms with van der Waals surface area (Å²) in [5.41, 5.74) is 0.878. The van der Waals surface area contributed by atoms with Crippen LogP contribution in [-0.2, 0) is 11.0 Å². The van der Waals surface area contributed by atoms with Gasteiger partial charge in [0.15, 0.2) is 0 Å². The third-order valence-corrected chi connectivity index (χ3v) is 4.14. The maximum atomic E-state index is 11.2. The van der Waals surface area contributed by atoms with Crippen LogP contribution in [0, 0.1) is 0 Å². The minimum atomic E-state index is -1.40. The molecule has 1 aromatic rings. The first-order valence-corrected chi connectivity index (χ1v) is 7.02. The third kappa shape index (κ3) is 3.70. The highest BCUT2D eigenvalue weighted by molar-refractivity contribution is 9.10. The van der Waals surface area contributed by atoms with Crippen molar-refractivity contribution in [3.63, 3.8) is 0 Å². The van der Waals surface area contributed by atoms with Gasteiger partial charge >= 0.3 is 0 Å². The van der Waals surface area contributed by atoms with Gasteiger partial charge in [-0.15, -0.1) is 0 Å². The van der Waals surface area contributed by atoms with Crippen molar-refractivity contribution in [3.05, 3.63) is 39.3 Å². The van der Waals surface area contributed by atoms with Gasteiger partial charge in [0.25, 0.3) is 0 Å². The molecule has 5 heteroatoms. The van der Waals surface area contributed by atoms with E-state index in [1.54, 1.807) is 6.08 Å². The molecule has 0 aromatic heterocycles. The molecule has 0 aliphatic rings. The Hall–Kier alpha value is -0.160. The van der Waals surface area contributed by atoms with Crippen molar-refractivity contribution in [2.24, 2.45) is 5.14 Å². The molecule has 0 aliphatic carbocycles. The second kappa shape index (κ2) is 5.45. The normalized spacial score (nSPS) is 14.3. The molecule has 0 amide bonds. The second-order valence-corrected chi connectivity index (χ2v) is 6.87. The summed E-state index contributed by atoms with van der Waals surface area (Å²) in [6.07, 6.45) is 3.64. The van der Waals surface area contributed by atoms with Gasteiger partial charge in [-0.2, -0.15) is 0 Å². The molecule has 0 radical (unpaired) electrons. The third-order valence-electron chi connectivity index (χ3n) is 2.15. The summed E-state index contributed by atoms with van der Waals surface area (Å²) in [6, 6.07) is 5.60. The zero-order chi connectivity index (χ0) is 12.3. The van der Waals surface area contributed by atoms with Crippen molar-refractivity contribution < 1.29 is 4.21 Å². The minimum absolute atomic E-state index is 0.559. The lowest BCUT2D eigenvalue weighted by Gasteiger charge is -2.15. The molecule has 88 valence electrons. The van der Waals surface area contributed by atoms with E-state index in [9.17, 15) is 4.21 Å². The van der Waals surface area contributed by atoms with Crippen LogP contribution in [0.2, 0.25) is 5.02 Å².